The molecular weight excluding hydrogens is 395 g/mol. The van der Waals surface area contributed by atoms with E-state index in [0.717, 1.165) is 23.4 Å². The monoisotopic (exact) mass is 413 g/mol. The van der Waals surface area contributed by atoms with Crippen molar-refractivity contribution in [3.8, 4) is 5.75 Å². The Bertz CT molecular complexity index is 981. The molecule has 1 aromatic heterocycles. The number of nitrogens with one attached hydrogen (secondary N) is 1. The third kappa shape index (κ3) is 3.59. The number of hydrogen-bond acceptors (Lipinski definition) is 5. The first-order valence-corrected chi connectivity index (χ1v) is 10.2. The zero-order valence-corrected chi connectivity index (χ0v) is 15.5. The molecule has 2 aromatic rings. The number of halogens is 3. The average molecular weight is 413 g/mol. The Labute approximate surface area is 160 Å². The van der Waals surface area contributed by atoms with Gasteiger partial charge in [-0.2, -0.15) is 4.31 Å². The summed E-state index contributed by atoms with van der Waals surface area (Å²) in [6, 6.07) is 8.36. The quantitative estimate of drug-likeness (QED) is 0.837. The van der Waals surface area contributed by atoms with Crippen LogP contribution in [-0.4, -0.2) is 43.7 Å². The van der Waals surface area contributed by atoms with Gasteiger partial charge >= 0.3 is 6.36 Å². The molecule has 28 heavy (non-hydrogen) atoms. The molecule has 0 saturated carbocycles. The summed E-state index contributed by atoms with van der Waals surface area (Å²) in [5.74, 6) is -0.675. The number of sulfonamides is 1. The molecule has 1 fully saturated rings. The van der Waals surface area contributed by atoms with Crippen LogP contribution in [0.25, 0.3) is 0 Å². The van der Waals surface area contributed by atoms with Crippen LogP contribution in [0.1, 0.15) is 17.2 Å². The average Bonchev–Trinajstić information content (AvgIpc) is 3.02. The SMILES string of the molecule is O=S(=O)(c1ccccc1OC(F)(F)F)N1Cc2cccnc2[C@H]2CNC[C@@H]2C1. The molecule has 1 aromatic carbocycles. The minimum absolute atomic E-state index is 0.0124. The van der Waals surface area contributed by atoms with E-state index in [1.54, 1.807) is 12.3 Å². The van der Waals surface area contributed by atoms with Gasteiger partial charge in [-0.1, -0.05) is 18.2 Å². The number of para-hydroxylation sites is 1. The zero-order chi connectivity index (χ0) is 19.9. The topological polar surface area (TPSA) is 71.5 Å². The molecule has 10 heteroatoms. The van der Waals surface area contributed by atoms with Crippen molar-refractivity contribution < 1.29 is 26.3 Å². The van der Waals surface area contributed by atoms with Crippen LogP contribution in [0, 0.1) is 5.92 Å². The zero-order valence-electron chi connectivity index (χ0n) is 14.7. The van der Waals surface area contributed by atoms with Crippen LogP contribution in [-0.2, 0) is 16.6 Å². The van der Waals surface area contributed by atoms with Crippen LogP contribution >= 0.6 is 0 Å². The molecule has 2 aliphatic rings. The highest BCUT2D eigenvalue weighted by Gasteiger charge is 2.41. The number of benzene rings is 1. The van der Waals surface area contributed by atoms with E-state index in [4.69, 9.17) is 0 Å². The van der Waals surface area contributed by atoms with Gasteiger partial charge in [0.2, 0.25) is 10.0 Å². The first-order chi connectivity index (χ1) is 13.3. The standard InChI is InChI=1S/C18H18F3N3O3S/c19-18(20,21)27-15-5-1-2-6-16(15)28(25,26)24-10-12-4-3-7-23-17(12)14-9-22-8-13(14)11-24/h1-7,13-14,22H,8-11H2/t13-,14+/m1/s1. The van der Waals surface area contributed by atoms with Gasteiger partial charge in [0.25, 0.3) is 0 Å². The Balaban J connectivity index is 1.75. The number of nitrogens with zero attached hydrogens (tertiary/aromatic N) is 2. The van der Waals surface area contributed by atoms with Crippen molar-refractivity contribution in [1.29, 1.82) is 0 Å². The second kappa shape index (κ2) is 7.02. The number of pyridine rings is 1. The molecule has 0 amide bonds. The Morgan fingerprint density at radius 1 is 1.14 bits per heavy atom. The summed E-state index contributed by atoms with van der Waals surface area (Å²) >= 11 is 0. The molecule has 6 nitrogen and oxygen atoms in total. The fraction of sp³-hybridized carbons (Fsp3) is 0.389. The minimum Gasteiger partial charge on any atom is -0.404 e. The summed E-state index contributed by atoms with van der Waals surface area (Å²) in [4.78, 5) is 3.94. The van der Waals surface area contributed by atoms with E-state index in [2.05, 4.69) is 15.0 Å². The van der Waals surface area contributed by atoms with Crippen molar-refractivity contribution >= 4 is 10.0 Å². The Kier molecular flexibility index (Phi) is 4.80. The highest BCUT2D eigenvalue weighted by Crippen LogP contribution is 2.37. The van der Waals surface area contributed by atoms with Gasteiger partial charge in [-0.3, -0.25) is 4.98 Å². The molecule has 0 spiro atoms. The van der Waals surface area contributed by atoms with E-state index in [1.165, 1.54) is 16.4 Å². The van der Waals surface area contributed by atoms with Gasteiger partial charge in [-0.25, -0.2) is 8.42 Å². The second-order valence-electron chi connectivity index (χ2n) is 6.86. The maximum Gasteiger partial charge on any atom is 0.573 e. The first-order valence-electron chi connectivity index (χ1n) is 8.75. The summed E-state index contributed by atoms with van der Waals surface area (Å²) < 4.78 is 70.0. The predicted molar refractivity (Wildman–Crippen MR) is 94.1 cm³/mol. The van der Waals surface area contributed by atoms with Crippen molar-refractivity contribution in [3.05, 3.63) is 53.9 Å². The van der Waals surface area contributed by atoms with E-state index < -0.39 is 27.0 Å². The van der Waals surface area contributed by atoms with Crippen molar-refractivity contribution in [2.24, 2.45) is 5.92 Å². The normalized spacial score (nSPS) is 23.0. The molecule has 2 atom stereocenters. The smallest absolute Gasteiger partial charge is 0.404 e. The summed E-state index contributed by atoms with van der Waals surface area (Å²) in [6.45, 7) is 1.55. The van der Waals surface area contributed by atoms with Gasteiger partial charge in [0.1, 0.15) is 10.6 Å². The fourth-order valence-electron chi connectivity index (χ4n) is 3.87. The lowest BCUT2D eigenvalue weighted by Crippen LogP contribution is -2.35. The lowest BCUT2D eigenvalue weighted by molar-refractivity contribution is -0.275. The summed E-state index contributed by atoms with van der Waals surface area (Å²) in [5.41, 5.74) is 1.60. The highest BCUT2D eigenvalue weighted by atomic mass is 32.2. The Morgan fingerprint density at radius 3 is 2.71 bits per heavy atom. The van der Waals surface area contributed by atoms with Crippen LogP contribution in [0.5, 0.6) is 5.75 Å². The van der Waals surface area contributed by atoms with Gasteiger partial charge in [0.05, 0.1) is 0 Å². The number of aromatic nitrogens is 1. The molecule has 1 N–H and O–H groups in total. The third-order valence-corrected chi connectivity index (χ3v) is 6.95. The maximum absolute atomic E-state index is 13.3. The number of rotatable bonds is 3. The van der Waals surface area contributed by atoms with Crippen LogP contribution in [0.4, 0.5) is 13.2 Å². The molecule has 0 bridgehead atoms. The fourth-order valence-corrected chi connectivity index (χ4v) is 5.46. The lowest BCUT2D eigenvalue weighted by atomic mass is 9.91. The number of fused-ring (bicyclic) bond motifs is 3. The molecule has 150 valence electrons. The molecule has 0 radical (unpaired) electrons. The molecule has 0 aliphatic carbocycles. The van der Waals surface area contributed by atoms with E-state index in [-0.39, 0.29) is 24.9 Å². The molecular formula is C18H18F3N3O3S. The highest BCUT2D eigenvalue weighted by molar-refractivity contribution is 7.89. The van der Waals surface area contributed by atoms with Crippen LogP contribution in [0.15, 0.2) is 47.5 Å². The van der Waals surface area contributed by atoms with Crippen molar-refractivity contribution in [2.75, 3.05) is 19.6 Å². The second-order valence-corrected chi connectivity index (χ2v) is 8.77. The number of alkyl halides is 3. The summed E-state index contributed by atoms with van der Waals surface area (Å²) in [5, 5.41) is 3.25. The van der Waals surface area contributed by atoms with Gasteiger partial charge in [-0.05, 0) is 36.2 Å². The van der Waals surface area contributed by atoms with Gasteiger partial charge in [-0.15, -0.1) is 13.2 Å². The molecule has 3 heterocycles. The van der Waals surface area contributed by atoms with E-state index in [0.29, 0.717) is 13.1 Å². The summed E-state index contributed by atoms with van der Waals surface area (Å²) in [7, 11) is -4.22. The first kappa shape index (κ1) is 19.2. The Hall–Kier alpha value is -2.17. The van der Waals surface area contributed by atoms with Crippen LogP contribution in [0.3, 0.4) is 0 Å². The van der Waals surface area contributed by atoms with Crippen LogP contribution < -0.4 is 10.1 Å². The molecule has 0 unspecified atom stereocenters. The Morgan fingerprint density at radius 2 is 1.93 bits per heavy atom. The van der Waals surface area contributed by atoms with Crippen LogP contribution in [0.2, 0.25) is 0 Å². The predicted octanol–water partition coefficient (Wildman–Crippen LogP) is 2.49. The largest absolute Gasteiger partial charge is 0.573 e. The van der Waals surface area contributed by atoms with E-state index in [1.807, 2.05) is 6.07 Å². The molecule has 1 saturated heterocycles. The van der Waals surface area contributed by atoms with Crippen molar-refractivity contribution in [1.82, 2.24) is 14.6 Å². The van der Waals surface area contributed by atoms with Gasteiger partial charge < -0.3 is 10.1 Å². The maximum atomic E-state index is 13.3. The minimum atomic E-state index is -4.98. The van der Waals surface area contributed by atoms with E-state index >= 15 is 0 Å². The number of hydrogen-bond donors (Lipinski definition) is 1. The molecule has 4 rings (SSSR count). The van der Waals surface area contributed by atoms with E-state index in [9.17, 15) is 21.6 Å². The summed E-state index contributed by atoms with van der Waals surface area (Å²) in [6.07, 6.45) is -3.31. The third-order valence-electron chi connectivity index (χ3n) is 5.09. The van der Waals surface area contributed by atoms with Crippen molar-refractivity contribution in [2.45, 2.75) is 23.7 Å². The number of ether oxygens (including phenoxy) is 1. The van der Waals surface area contributed by atoms with Crippen molar-refractivity contribution in [3.63, 3.8) is 0 Å². The van der Waals surface area contributed by atoms with Gasteiger partial charge in [0.15, 0.2) is 0 Å². The van der Waals surface area contributed by atoms with Gasteiger partial charge in [0, 0.05) is 37.4 Å². The molecule has 2 aliphatic heterocycles. The lowest BCUT2D eigenvalue weighted by Gasteiger charge is -2.24.